The molecule has 1 aromatic carbocycles. The van der Waals surface area contributed by atoms with Crippen LogP contribution in [0, 0.1) is 5.92 Å². The Hall–Kier alpha value is -0.710. The Morgan fingerprint density at radius 1 is 1.22 bits per heavy atom. The van der Waals surface area contributed by atoms with Gasteiger partial charge in [-0.05, 0) is 66.7 Å². The Balaban J connectivity index is 2.20. The fraction of sp³-hybridized carbons (Fsp3) is 0.538. The van der Waals surface area contributed by atoms with Gasteiger partial charge in [0.25, 0.3) is 0 Å². The van der Waals surface area contributed by atoms with E-state index in [1.807, 2.05) is 0 Å². The topological polar surface area (TPSA) is 12.0 Å². The summed E-state index contributed by atoms with van der Waals surface area (Å²) < 4.78 is 38.1. The molecule has 1 fully saturated rings. The van der Waals surface area contributed by atoms with Gasteiger partial charge in [-0.15, -0.1) is 0 Å². The molecule has 0 spiro atoms. The number of hydrogen-bond donors (Lipinski definition) is 1. The van der Waals surface area contributed by atoms with Crippen molar-refractivity contribution in [1.29, 1.82) is 0 Å². The molecule has 1 aliphatic rings. The first-order chi connectivity index (χ1) is 8.20. The summed E-state index contributed by atoms with van der Waals surface area (Å²) in [5, 5.41) is 3.31. The lowest BCUT2D eigenvalue weighted by Gasteiger charge is -2.28. The SMILES string of the molecule is CC(C)(Nc1ccc(C(F)(F)F)cc1Br)C1CC1. The molecule has 1 nitrogen and oxygen atoms in total. The second kappa shape index (κ2) is 4.44. The highest BCUT2D eigenvalue weighted by atomic mass is 79.9. The van der Waals surface area contributed by atoms with Gasteiger partial charge in [0.1, 0.15) is 0 Å². The molecule has 1 aromatic rings. The lowest BCUT2D eigenvalue weighted by Crippen LogP contribution is -2.33. The number of alkyl halides is 3. The molecule has 100 valence electrons. The summed E-state index contributed by atoms with van der Waals surface area (Å²) in [6.45, 7) is 4.16. The fourth-order valence-electron chi connectivity index (χ4n) is 2.05. The van der Waals surface area contributed by atoms with Gasteiger partial charge in [0.05, 0.1) is 5.56 Å². The number of hydrogen-bond acceptors (Lipinski definition) is 1. The molecule has 18 heavy (non-hydrogen) atoms. The zero-order valence-corrected chi connectivity index (χ0v) is 11.8. The van der Waals surface area contributed by atoms with Gasteiger partial charge in [-0.3, -0.25) is 0 Å². The molecule has 0 atom stereocenters. The van der Waals surface area contributed by atoms with E-state index in [9.17, 15) is 13.2 Å². The van der Waals surface area contributed by atoms with Gasteiger partial charge >= 0.3 is 6.18 Å². The smallest absolute Gasteiger partial charge is 0.379 e. The normalized spacial score (nSPS) is 16.8. The van der Waals surface area contributed by atoms with E-state index in [-0.39, 0.29) is 5.54 Å². The maximum Gasteiger partial charge on any atom is 0.416 e. The Bertz CT molecular complexity index is 450. The Morgan fingerprint density at radius 3 is 2.28 bits per heavy atom. The Morgan fingerprint density at radius 2 is 1.83 bits per heavy atom. The van der Waals surface area contributed by atoms with Crippen molar-refractivity contribution in [2.24, 2.45) is 5.92 Å². The van der Waals surface area contributed by atoms with Crippen molar-refractivity contribution in [2.45, 2.75) is 38.4 Å². The molecule has 0 unspecified atom stereocenters. The van der Waals surface area contributed by atoms with Crippen molar-refractivity contribution in [1.82, 2.24) is 0 Å². The quantitative estimate of drug-likeness (QED) is 0.819. The van der Waals surface area contributed by atoms with Crippen molar-refractivity contribution in [3.63, 3.8) is 0 Å². The van der Waals surface area contributed by atoms with Crippen molar-refractivity contribution >= 4 is 21.6 Å². The van der Waals surface area contributed by atoms with Crippen LogP contribution in [-0.2, 0) is 6.18 Å². The van der Waals surface area contributed by atoms with Crippen LogP contribution in [-0.4, -0.2) is 5.54 Å². The van der Waals surface area contributed by atoms with Crippen LogP contribution in [0.1, 0.15) is 32.3 Å². The van der Waals surface area contributed by atoms with Crippen molar-refractivity contribution in [3.05, 3.63) is 28.2 Å². The summed E-state index contributed by atoms with van der Waals surface area (Å²) in [5.41, 5.74) is -0.00788. The second-order valence-electron chi connectivity index (χ2n) is 5.31. The van der Waals surface area contributed by atoms with Crippen LogP contribution >= 0.6 is 15.9 Å². The molecular formula is C13H15BrF3N. The van der Waals surface area contributed by atoms with Gasteiger partial charge in [-0.2, -0.15) is 13.2 Å². The zero-order chi connectivity index (χ0) is 13.6. The maximum absolute atomic E-state index is 12.5. The van der Waals surface area contributed by atoms with Gasteiger partial charge in [-0.25, -0.2) is 0 Å². The molecule has 0 heterocycles. The predicted molar refractivity (Wildman–Crippen MR) is 69.6 cm³/mol. The highest BCUT2D eigenvalue weighted by molar-refractivity contribution is 9.10. The molecule has 1 N–H and O–H groups in total. The fourth-order valence-corrected chi connectivity index (χ4v) is 2.52. The highest BCUT2D eigenvalue weighted by Crippen LogP contribution is 2.42. The first-order valence-corrected chi connectivity index (χ1v) is 6.64. The van der Waals surface area contributed by atoms with Gasteiger partial charge in [0.2, 0.25) is 0 Å². The van der Waals surface area contributed by atoms with E-state index in [4.69, 9.17) is 0 Å². The largest absolute Gasteiger partial charge is 0.416 e. The molecule has 0 amide bonds. The van der Waals surface area contributed by atoms with E-state index in [0.717, 1.165) is 12.1 Å². The molecule has 1 saturated carbocycles. The van der Waals surface area contributed by atoms with E-state index in [1.165, 1.54) is 18.9 Å². The summed E-state index contributed by atoms with van der Waals surface area (Å²) in [4.78, 5) is 0. The number of nitrogens with one attached hydrogen (secondary N) is 1. The molecule has 2 rings (SSSR count). The third-order valence-corrected chi connectivity index (χ3v) is 4.01. The van der Waals surface area contributed by atoms with E-state index in [0.29, 0.717) is 16.1 Å². The number of anilines is 1. The Labute approximate surface area is 113 Å². The lowest BCUT2D eigenvalue weighted by molar-refractivity contribution is -0.137. The molecular weight excluding hydrogens is 307 g/mol. The van der Waals surface area contributed by atoms with E-state index in [2.05, 4.69) is 35.1 Å². The minimum atomic E-state index is -4.30. The molecule has 1 aliphatic carbocycles. The third-order valence-electron chi connectivity index (χ3n) is 3.35. The van der Waals surface area contributed by atoms with Gasteiger partial charge in [0, 0.05) is 15.7 Å². The first kappa shape index (κ1) is 13.7. The average Bonchev–Trinajstić information content (AvgIpc) is 3.02. The molecule has 5 heteroatoms. The summed E-state index contributed by atoms with van der Waals surface area (Å²) in [5.74, 6) is 0.603. The van der Waals surface area contributed by atoms with Gasteiger partial charge in [-0.1, -0.05) is 0 Å². The number of rotatable bonds is 3. The predicted octanol–water partition coefficient (Wildman–Crippen LogP) is 5.07. The average molecular weight is 322 g/mol. The molecule has 0 aliphatic heterocycles. The van der Waals surface area contributed by atoms with Crippen LogP contribution in [0.3, 0.4) is 0 Å². The minimum Gasteiger partial charge on any atom is -0.379 e. The van der Waals surface area contributed by atoms with E-state index >= 15 is 0 Å². The van der Waals surface area contributed by atoms with Crippen LogP contribution < -0.4 is 5.32 Å². The summed E-state index contributed by atoms with van der Waals surface area (Å²) in [7, 11) is 0. The van der Waals surface area contributed by atoms with Crippen LogP contribution in [0.5, 0.6) is 0 Å². The van der Waals surface area contributed by atoms with Crippen molar-refractivity contribution < 1.29 is 13.2 Å². The summed E-state index contributed by atoms with van der Waals surface area (Å²) >= 11 is 3.20. The van der Waals surface area contributed by atoms with Crippen LogP contribution in [0.2, 0.25) is 0 Å². The summed E-state index contributed by atoms with van der Waals surface area (Å²) in [6, 6.07) is 3.71. The van der Waals surface area contributed by atoms with E-state index < -0.39 is 11.7 Å². The van der Waals surface area contributed by atoms with Gasteiger partial charge in [0.15, 0.2) is 0 Å². The van der Waals surface area contributed by atoms with Crippen LogP contribution in [0.4, 0.5) is 18.9 Å². The molecule has 0 saturated heterocycles. The maximum atomic E-state index is 12.5. The number of halogens is 4. The third kappa shape index (κ3) is 2.99. The zero-order valence-electron chi connectivity index (χ0n) is 10.2. The second-order valence-corrected chi connectivity index (χ2v) is 6.17. The molecule has 0 aromatic heterocycles. The Kier molecular flexibility index (Phi) is 3.38. The van der Waals surface area contributed by atoms with Crippen LogP contribution in [0.15, 0.2) is 22.7 Å². The lowest BCUT2D eigenvalue weighted by atomic mass is 9.98. The first-order valence-electron chi connectivity index (χ1n) is 5.85. The van der Waals surface area contributed by atoms with Crippen molar-refractivity contribution in [2.75, 3.05) is 5.32 Å². The monoisotopic (exact) mass is 321 g/mol. The number of benzene rings is 1. The molecule has 0 bridgehead atoms. The molecule has 0 radical (unpaired) electrons. The van der Waals surface area contributed by atoms with Crippen molar-refractivity contribution in [3.8, 4) is 0 Å². The van der Waals surface area contributed by atoms with Gasteiger partial charge < -0.3 is 5.32 Å². The summed E-state index contributed by atoms with van der Waals surface area (Å²) in [6.07, 6.45) is -1.94. The highest BCUT2D eigenvalue weighted by Gasteiger charge is 2.38. The standard InChI is InChI=1S/C13H15BrF3N/c1-12(2,8-3-4-8)18-11-6-5-9(7-10(11)14)13(15,16)17/h5-8,18H,3-4H2,1-2H3. The minimum absolute atomic E-state index is 0.0811. The van der Waals surface area contributed by atoms with E-state index in [1.54, 1.807) is 0 Å². The van der Waals surface area contributed by atoms with Crippen LogP contribution in [0.25, 0.3) is 0 Å².